The zero-order valence-electron chi connectivity index (χ0n) is 9.28. The van der Waals surface area contributed by atoms with Crippen molar-refractivity contribution in [2.45, 2.75) is 13.5 Å². The molecule has 0 aliphatic rings. The summed E-state index contributed by atoms with van der Waals surface area (Å²) in [6.45, 7) is 2.19. The van der Waals surface area contributed by atoms with Crippen LogP contribution >= 0.6 is 23.2 Å². The van der Waals surface area contributed by atoms with Crippen molar-refractivity contribution >= 4 is 40.1 Å². The topological polar surface area (TPSA) is 72.2 Å². The van der Waals surface area contributed by atoms with Gasteiger partial charge < -0.3 is 5.11 Å². The summed E-state index contributed by atoms with van der Waals surface area (Å²) >= 11 is 11.7. The minimum Gasteiger partial charge on any atom is -0.476 e. The normalized spacial score (nSPS) is 10.8. The molecule has 0 bridgehead atoms. The van der Waals surface area contributed by atoms with Gasteiger partial charge in [0.2, 0.25) is 11.1 Å². The standard InChI is InChI=1S/C11H8Cl2N2O3/c1-2-15-8-4-7(13)6(12)3-5(8)10(16)9(14-15)11(17)18/h3-4H,2H2,1H3,(H,17,18). The second-order valence-corrected chi connectivity index (χ2v) is 4.40. The third kappa shape index (κ3) is 1.95. The van der Waals surface area contributed by atoms with E-state index in [1.165, 1.54) is 16.8 Å². The first-order chi connectivity index (χ1) is 8.45. The number of aryl methyl sites for hydroxylation is 1. The number of aromatic carboxylic acids is 1. The summed E-state index contributed by atoms with van der Waals surface area (Å²) in [5, 5.41) is 13.4. The molecule has 0 spiro atoms. The van der Waals surface area contributed by atoms with E-state index in [4.69, 9.17) is 28.3 Å². The number of hydrogen-bond donors (Lipinski definition) is 1. The molecule has 7 heteroatoms. The Kier molecular flexibility index (Phi) is 3.28. The third-order valence-electron chi connectivity index (χ3n) is 2.50. The molecule has 1 aromatic heterocycles. The van der Waals surface area contributed by atoms with Gasteiger partial charge in [-0.05, 0) is 19.1 Å². The molecule has 0 unspecified atom stereocenters. The van der Waals surface area contributed by atoms with Crippen LogP contribution in [0, 0.1) is 0 Å². The number of carboxylic acid groups (broad SMARTS) is 1. The van der Waals surface area contributed by atoms with E-state index < -0.39 is 17.1 Å². The van der Waals surface area contributed by atoms with E-state index >= 15 is 0 Å². The van der Waals surface area contributed by atoms with Crippen LogP contribution in [0.2, 0.25) is 10.0 Å². The lowest BCUT2D eigenvalue weighted by molar-refractivity contribution is 0.0686. The van der Waals surface area contributed by atoms with Crippen molar-refractivity contribution in [3.05, 3.63) is 38.1 Å². The van der Waals surface area contributed by atoms with E-state index in [9.17, 15) is 9.59 Å². The molecule has 0 saturated heterocycles. The summed E-state index contributed by atoms with van der Waals surface area (Å²) < 4.78 is 1.41. The van der Waals surface area contributed by atoms with Crippen molar-refractivity contribution in [2.24, 2.45) is 0 Å². The Morgan fingerprint density at radius 2 is 2.00 bits per heavy atom. The minimum absolute atomic E-state index is 0.193. The highest BCUT2D eigenvalue weighted by Crippen LogP contribution is 2.26. The molecule has 1 aromatic carbocycles. The molecule has 0 amide bonds. The van der Waals surface area contributed by atoms with Crippen molar-refractivity contribution in [1.82, 2.24) is 9.78 Å². The number of carbonyl (C=O) groups is 1. The summed E-state index contributed by atoms with van der Waals surface area (Å²) in [5.41, 5.74) is -0.731. The van der Waals surface area contributed by atoms with Crippen LogP contribution in [0.1, 0.15) is 17.4 Å². The summed E-state index contributed by atoms with van der Waals surface area (Å²) in [5.74, 6) is -1.37. The summed E-state index contributed by atoms with van der Waals surface area (Å²) in [4.78, 5) is 22.9. The van der Waals surface area contributed by atoms with E-state index in [1.807, 2.05) is 0 Å². The van der Waals surface area contributed by atoms with Gasteiger partial charge in [0, 0.05) is 6.54 Å². The summed E-state index contributed by atoms with van der Waals surface area (Å²) in [6.07, 6.45) is 0. The SMILES string of the molecule is CCn1nc(C(=O)O)c(=O)c2cc(Cl)c(Cl)cc21. The Hall–Kier alpha value is -1.59. The van der Waals surface area contributed by atoms with Gasteiger partial charge in [-0.15, -0.1) is 0 Å². The number of aromatic nitrogens is 2. The van der Waals surface area contributed by atoms with Crippen molar-refractivity contribution in [3.8, 4) is 0 Å². The largest absolute Gasteiger partial charge is 0.476 e. The number of halogens is 2. The molecule has 0 aliphatic carbocycles. The molecule has 94 valence electrons. The third-order valence-corrected chi connectivity index (χ3v) is 3.22. The van der Waals surface area contributed by atoms with Crippen LogP contribution in [0.25, 0.3) is 10.9 Å². The van der Waals surface area contributed by atoms with Crippen LogP contribution in [-0.4, -0.2) is 20.9 Å². The first kappa shape index (κ1) is 12.9. The lowest BCUT2D eigenvalue weighted by atomic mass is 10.2. The average Bonchev–Trinajstić information content (AvgIpc) is 2.32. The minimum atomic E-state index is -1.37. The van der Waals surface area contributed by atoms with Gasteiger partial charge in [0.15, 0.2) is 0 Å². The van der Waals surface area contributed by atoms with E-state index in [0.717, 1.165) is 0 Å². The Labute approximate surface area is 112 Å². The Morgan fingerprint density at radius 3 is 2.56 bits per heavy atom. The van der Waals surface area contributed by atoms with Crippen LogP contribution in [0.4, 0.5) is 0 Å². The number of nitrogens with zero attached hydrogens (tertiary/aromatic N) is 2. The molecule has 0 radical (unpaired) electrons. The summed E-state index contributed by atoms with van der Waals surface area (Å²) in [6, 6.07) is 2.87. The fourth-order valence-corrected chi connectivity index (χ4v) is 1.98. The summed E-state index contributed by atoms with van der Waals surface area (Å²) in [7, 11) is 0. The van der Waals surface area contributed by atoms with Gasteiger partial charge in [-0.2, -0.15) is 5.10 Å². The number of benzene rings is 1. The second-order valence-electron chi connectivity index (χ2n) is 3.58. The molecular formula is C11H8Cl2N2O3. The van der Waals surface area contributed by atoms with Gasteiger partial charge in [0.25, 0.3) is 0 Å². The monoisotopic (exact) mass is 286 g/mol. The van der Waals surface area contributed by atoms with Crippen LogP contribution in [0.5, 0.6) is 0 Å². The number of carboxylic acids is 1. The highest BCUT2D eigenvalue weighted by molar-refractivity contribution is 6.42. The highest BCUT2D eigenvalue weighted by Gasteiger charge is 2.17. The zero-order valence-corrected chi connectivity index (χ0v) is 10.8. The van der Waals surface area contributed by atoms with Gasteiger partial charge in [0.05, 0.1) is 20.9 Å². The zero-order chi connectivity index (χ0) is 13.4. The predicted octanol–water partition coefficient (Wildman–Crippen LogP) is 2.42. The molecule has 0 aliphatic heterocycles. The van der Waals surface area contributed by atoms with Crippen molar-refractivity contribution in [2.75, 3.05) is 0 Å². The van der Waals surface area contributed by atoms with Gasteiger partial charge in [-0.1, -0.05) is 23.2 Å². The predicted molar refractivity (Wildman–Crippen MR) is 68.7 cm³/mol. The lowest BCUT2D eigenvalue weighted by Gasteiger charge is -2.09. The van der Waals surface area contributed by atoms with Crippen LogP contribution in [0.15, 0.2) is 16.9 Å². The first-order valence-corrected chi connectivity index (χ1v) is 5.84. The molecule has 2 rings (SSSR count). The van der Waals surface area contributed by atoms with Crippen molar-refractivity contribution in [3.63, 3.8) is 0 Å². The smallest absolute Gasteiger partial charge is 0.360 e. The molecule has 5 nitrogen and oxygen atoms in total. The van der Waals surface area contributed by atoms with Gasteiger partial charge >= 0.3 is 5.97 Å². The van der Waals surface area contributed by atoms with Gasteiger partial charge in [-0.3, -0.25) is 9.48 Å². The molecule has 2 aromatic rings. The van der Waals surface area contributed by atoms with Gasteiger partial charge in [-0.25, -0.2) is 4.79 Å². The van der Waals surface area contributed by atoms with Crippen LogP contribution in [-0.2, 0) is 6.54 Å². The quantitative estimate of drug-likeness (QED) is 0.920. The highest BCUT2D eigenvalue weighted by atomic mass is 35.5. The maximum Gasteiger partial charge on any atom is 0.360 e. The van der Waals surface area contributed by atoms with Gasteiger partial charge in [0.1, 0.15) is 0 Å². The molecule has 18 heavy (non-hydrogen) atoms. The average molecular weight is 287 g/mol. The molecule has 0 saturated carbocycles. The van der Waals surface area contributed by atoms with E-state index in [-0.39, 0.29) is 15.4 Å². The maximum absolute atomic E-state index is 11.9. The van der Waals surface area contributed by atoms with Crippen molar-refractivity contribution in [1.29, 1.82) is 0 Å². The first-order valence-electron chi connectivity index (χ1n) is 5.09. The maximum atomic E-state index is 11.9. The fourth-order valence-electron chi connectivity index (χ4n) is 1.66. The molecule has 1 heterocycles. The second kappa shape index (κ2) is 4.59. The molecule has 0 fully saturated rings. The molecular weight excluding hydrogens is 279 g/mol. The van der Waals surface area contributed by atoms with Crippen LogP contribution < -0.4 is 5.43 Å². The molecule has 0 atom stereocenters. The number of fused-ring (bicyclic) bond motifs is 1. The van der Waals surface area contributed by atoms with Crippen LogP contribution in [0.3, 0.4) is 0 Å². The van der Waals surface area contributed by atoms with E-state index in [0.29, 0.717) is 12.1 Å². The van der Waals surface area contributed by atoms with Crippen molar-refractivity contribution < 1.29 is 9.90 Å². The fraction of sp³-hybridized carbons (Fsp3) is 0.182. The number of hydrogen-bond acceptors (Lipinski definition) is 3. The van der Waals surface area contributed by atoms with E-state index in [2.05, 4.69) is 5.10 Å². The molecule has 1 N–H and O–H groups in total. The lowest BCUT2D eigenvalue weighted by Crippen LogP contribution is -2.22. The van der Waals surface area contributed by atoms with E-state index in [1.54, 1.807) is 6.92 Å². The Balaban J connectivity index is 2.99. The number of rotatable bonds is 2. The Bertz CT molecular complexity index is 709. The Morgan fingerprint density at radius 1 is 1.39 bits per heavy atom.